The van der Waals surface area contributed by atoms with E-state index in [2.05, 4.69) is 10.6 Å². The molecular formula is C15H22ClN3O2S. The van der Waals surface area contributed by atoms with Gasteiger partial charge in [0, 0.05) is 24.4 Å². The molecule has 2 N–H and O–H groups in total. The first-order valence-electron chi connectivity index (χ1n) is 6.91. The monoisotopic (exact) mass is 343 g/mol. The maximum atomic E-state index is 12.1. The van der Waals surface area contributed by atoms with Crippen molar-refractivity contribution in [3.8, 4) is 0 Å². The highest BCUT2D eigenvalue weighted by Crippen LogP contribution is 2.18. The van der Waals surface area contributed by atoms with E-state index in [0.717, 1.165) is 28.4 Å². The number of anilines is 1. The van der Waals surface area contributed by atoms with Gasteiger partial charge in [-0.1, -0.05) is 12.1 Å². The van der Waals surface area contributed by atoms with Crippen LogP contribution in [0.3, 0.4) is 0 Å². The summed E-state index contributed by atoms with van der Waals surface area (Å²) in [6, 6.07) is 5.61. The normalized spacial score (nSPS) is 16.8. The van der Waals surface area contributed by atoms with Gasteiger partial charge >= 0.3 is 0 Å². The molecule has 1 unspecified atom stereocenters. The van der Waals surface area contributed by atoms with E-state index in [4.69, 9.17) is 0 Å². The first-order chi connectivity index (χ1) is 9.99. The Hall–Kier alpha value is -1.24. The second-order valence-corrected chi connectivity index (χ2v) is 6.29. The predicted molar refractivity (Wildman–Crippen MR) is 93.7 cm³/mol. The lowest BCUT2D eigenvalue weighted by Gasteiger charge is -2.20. The molecule has 0 aliphatic carbocycles. The Bertz CT molecular complexity index is 548. The third kappa shape index (κ3) is 4.63. The Morgan fingerprint density at radius 3 is 2.77 bits per heavy atom. The number of nitrogens with one attached hydrogen (secondary N) is 2. The molecule has 0 aromatic heterocycles. The SMILES string of the molecule is Cc1cccc(NC(=O)CN(C)C(=O)C2CSCN2)c1C.Cl. The van der Waals surface area contributed by atoms with Crippen molar-refractivity contribution in [2.24, 2.45) is 0 Å². The molecule has 1 aliphatic rings. The smallest absolute Gasteiger partial charge is 0.243 e. The van der Waals surface area contributed by atoms with E-state index in [-0.39, 0.29) is 36.8 Å². The molecular weight excluding hydrogens is 322 g/mol. The number of likely N-dealkylation sites (N-methyl/N-ethyl adjacent to an activating group) is 1. The molecule has 1 heterocycles. The van der Waals surface area contributed by atoms with Gasteiger partial charge in [0.15, 0.2) is 0 Å². The van der Waals surface area contributed by atoms with E-state index < -0.39 is 0 Å². The van der Waals surface area contributed by atoms with Gasteiger partial charge in [-0.05, 0) is 31.0 Å². The van der Waals surface area contributed by atoms with Crippen LogP contribution in [0.1, 0.15) is 11.1 Å². The van der Waals surface area contributed by atoms with Crippen LogP contribution in [0, 0.1) is 13.8 Å². The summed E-state index contributed by atoms with van der Waals surface area (Å²) in [6.45, 7) is 4.04. The van der Waals surface area contributed by atoms with Crippen molar-refractivity contribution in [2.45, 2.75) is 19.9 Å². The number of aryl methyl sites for hydroxylation is 1. The maximum Gasteiger partial charge on any atom is 0.243 e. The molecule has 1 aromatic rings. The Kier molecular flexibility index (Phi) is 7.19. The van der Waals surface area contributed by atoms with Gasteiger partial charge in [0.05, 0.1) is 12.6 Å². The van der Waals surface area contributed by atoms with Crippen LogP contribution in [-0.2, 0) is 9.59 Å². The largest absolute Gasteiger partial charge is 0.335 e. The van der Waals surface area contributed by atoms with E-state index in [1.165, 1.54) is 4.90 Å². The summed E-state index contributed by atoms with van der Waals surface area (Å²) in [5.41, 5.74) is 2.98. The van der Waals surface area contributed by atoms with Crippen LogP contribution >= 0.6 is 24.2 Å². The molecule has 2 amide bonds. The van der Waals surface area contributed by atoms with Crippen LogP contribution in [0.15, 0.2) is 18.2 Å². The van der Waals surface area contributed by atoms with E-state index in [1.807, 2.05) is 32.0 Å². The Morgan fingerprint density at radius 2 is 2.14 bits per heavy atom. The van der Waals surface area contributed by atoms with Crippen LogP contribution in [-0.4, -0.2) is 48.0 Å². The lowest BCUT2D eigenvalue weighted by atomic mass is 10.1. The van der Waals surface area contributed by atoms with Gasteiger partial charge in [0.1, 0.15) is 0 Å². The zero-order chi connectivity index (χ0) is 15.4. The summed E-state index contributed by atoms with van der Waals surface area (Å²) < 4.78 is 0. The molecule has 7 heteroatoms. The average Bonchev–Trinajstić information content (AvgIpc) is 2.97. The Balaban J connectivity index is 0.00000242. The topological polar surface area (TPSA) is 61.4 Å². The van der Waals surface area contributed by atoms with Crippen molar-refractivity contribution in [3.63, 3.8) is 0 Å². The minimum Gasteiger partial charge on any atom is -0.335 e. The number of hydrogen-bond acceptors (Lipinski definition) is 4. The third-order valence-corrected chi connectivity index (χ3v) is 4.59. The van der Waals surface area contributed by atoms with Gasteiger partial charge in [-0.25, -0.2) is 0 Å². The number of thioether (sulfide) groups is 1. The number of halogens is 1. The number of nitrogens with zero attached hydrogens (tertiary/aromatic N) is 1. The third-order valence-electron chi connectivity index (χ3n) is 3.65. The van der Waals surface area contributed by atoms with Gasteiger partial charge in [0.2, 0.25) is 11.8 Å². The fourth-order valence-electron chi connectivity index (χ4n) is 2.19. The highest BCUT2D eigenvalue weighted by atomic mass is 35.5. The van der Waals surface area contributed by atoms with Gasteiger partial charge in [-0.3, -0.25) is 14.9 Å². The summed E-state index contributed by atoms with van der Waals surface area (Å²) in [7, 11) is 1.66. The van der Waals surface area contributed by atoms with Gasteiger partial charge in [0.25, 0.3) is 0 Å². The van der Waals surface area contributed by atoms with E-state index in [1.54, 1.807) is 18.8 Å². The van der Waals surface area contributed by atoms with Crippen molar-refractivity contribution in [3.05, 3.63) is 29.3 Å². The Labute approximate surface area is 141 Å². The molecule has 1 fully saturated rings. The zero-order valence-corrected chi connectivity index (χ0v) is 14.6. The van der Waals surface area contributed by atoms with Crippen molar-refractivity contribution in [1.82, 2.24) is 10.2 Å². The number of carbonyl (C=O) groups excluding carboxylic acids is 2. The standard InChI is InChI=1S/C15H21N3O2S.ClH/c1-10-5-4-6-12(11(10)2)17-14(19)7-18(3)15(20)13-8-21-9-16-13;/h4-6,13,16H,7-9H2,1-3H3,(H,17,19);1H. The number of amides is 2. The lowest BCUT2D eigenvalue weighted by molar-refractivity contribution is -0.134. The molecule has 0 spiro atoms. The second kappa shape index (κ2) is 8.41. The molecule has 1 atom stereocenters. The van der Waals surface area contributed by atoms with Crippen molar-refractivity contribution in [1.29, 1.82) is 0 Å². The van der Waals surface area contributed by atoms with Gasteiger partial charge in [-0.2, -0.15) is 0 Å². The van der Waals surface area contributed by atoms with Crippen LogP contribution in [0.2, 0.25) is 0 Å². The highest BCUT2D eigenvalue weighted by Gasteiger charge is 2.26. The van der Waals surface area contributed by atoms with Gasteiger partial charge < -0.3 is 10.2 Å². The zero-order valence-electron chi connectivity index (χ0n) is 13.0. The summed E-state index contributed by atoms with van der Waals surface area (Å²) >= 11 is 1.69. The van der Waals surface area contributed by atoms with E-state index in [0.29, 0.717) is 0 Å². The lowest BCUT2D eigenvalue weighted by Crippen LogP contribution is -2.45. The first-order valence-corrected chi connectivity index (χ1v) is 8.06. The fraction of sp³-hybridized carbons (Fsp3) is 0.467. The Morgan fingerprint density at radius 1 is 1.41 bits per heavy atom. The average molecular weight is 344 g/mol. The van der Waals surface area contributed by atoms with E-state index >= 15 is 0 Å². The maximum absolute atomic E-state index is 12.1. The quantitative estimate of drug-likeness (QED) is 0.875. The summed E-state index contributed by atoms with van der Waals surface area (Å²) in [6.07, 6.45) is 0. The van der Waals surface area contributed by atoms with Crippen molar-refractivity contribution < 1.29 is 9.59 Å². The highest BCUT2D eigenvalue weighted by molar-refractivity contribution is 7.99. The summed E-state index contributed by atoms with van der Waals surface area (Å²) in [4.78, 5) is 25.7. The number of hydrogen-bond donors (Lipinski definition) is 2. The minimum absolute atomic E-state index is 0. The molecule has 0 bridgehead atoms. The van der Waals surface area contributed by atoms with Crippen LogP contribution in [0.25, 0.3) is 0 Å². The predicted octanol–water partition coefficient (Wildman–Crippen LogP) is 1.78. The molecule has 1 saturated heterocycles. The summed E-state index contributed by atoms with van der Waals surface area (Å²) in [5.74, 6) is 1.35. The molecule has 0 saturated carbocycles. The minimum atomic E-state index is -0.176. The fourth-order valence-corrected chi connectivity index (χ4v) is 3.12. The summed E-state index contributed by atoms with van der Waals surface area (Å²) in [5, 5.41) is 5.99. The van der Waals surface area contributed by atoms with Crippen LogP contribution < -0.4 is 10.6 Å². The molecule has 5 nitrogen and oxygen atoms in total. The number of rotatable bonds is 4. The molecule has 0 radical (unpaired) electrons. The van der Waals surface area contributed by atoms with E-state index in [9.17, 15) is 9.59 Å². The first kappa shape index (κ1) is 18.8. The van der Waals surface area contributed by atoms with Crippen molar-refractivity contribution >= 4 is 41.7 Å². The number of carbonyl (C=O) groups is 2. The molecule has 2 rings (SSSR count). The van der Waals surface area contributed by atoms with Crippen LogP contribution in [0.4, 0.5) is 5.69 Å². The molecule has 22 heavy (non-hydrogen) atoms. The second-order valence-electron chi connectivity index (χ2n) is 5.26. The van der Waals surface area contributed by atoms with Crippen molar-refractivity contribution in [2.75, 3.05) is 30.5 Å². The number of benzene rings is 1. The van der Waals surface area contributed by atoms with Crippen LogP contribution in [0.5, 0.6) is 0 Å². The molecule has 1 aliphatic heterocycles. The molecule has 122 valence electrons. The van der Waals surface area contributed by atoms with Gasteiger partial charge in [-0.15, -0.1) is 24.2 Å². The molecule has 1 aromatic carbocycles.